The highest BCUT2D eigenvalue weighted by molar-refractivity contribution is 7.84. The standard InChI is InChI=1S/C14H22N2O2S/c1-11(8-10-19(2)18)16-14(17)13-6-4-3-5-12(13)7-9-15/h3-6,11H,7-10,15H2,1-2H3,(H,16,17). The maximum atomic E-state index is 12.2. The van der Waals surface area contributed by atoms with E-state index < -0.39 is 10.8 Å². The molecule has 5 heteroatoms. The number of nitrogens with one attached hydrogen (secondary N) is 1. The first kappa shape index (κ1) is 15.9. The normalized spacial score (nSPS) is 13.8. The molecule has 0 aromatic heterocycles. The number of hydrogen-bond donors (Lipinski definition) is 2. The predicted molar refractivity (Wildman–Crippen MR) is 79.7 cm³/mol. The summed E-state index contributed by atoms with van der Waals surface area (Å²) < 4.78 is 11.0. The second-order valence-electron chi connectivity index (χ2n) is 4.64. The molecule has 3 N–H and O–H groups in total. The lowest BCUT2D eigenvalue weighted by Crippen LogP contribution is -2.34. The first-order chi connectivity index (χ1) is 9.04. The molecule has 106 valence electrons. The summed E-state index contributed by atoms with van der Waals surface area (Å²) in [5, 5.41) is 2.94. The number of rotatable bonds is 7. The van der Waals surface area contributed by atoms with E-state index in [-0.39, 0.29) is 11.9 Å². The van der Waals surface area contributed by atoms with E-state index in [1.54, 1.807) is 6.26 Å². The zero-order chi connectivity index (χ0) is 14.3. The van der Waals surface area contributed by atoms with Gasteiger partial charge in [-0.3, -0.25) is 9.00 Å². The third-order valence-corrected chi connectivity index (χ3v) is 3.70. The van der Waals surface area contributed by atoms with Crippen molar-refractivity contribution in [3.63, 3.8) is 0 Å². The molecule has 0 radical (unpaired) electrons. The molecule has 0 saturated carbocycles. The van der Waals surface area contributed by atoms with Crippen molar-refractivity contribution in [2.75, 3.05) is 18.6 Å². The van der Waals surface area contributed by atoms with Crippen molar-refractivity contribution in [2.45, 2.75) is 25.8 Å². The van der Waals surface area contributed by atoms with Crippen LogP contribution in [0.4, 0.5) is 0 Å². The number of benzene rings is 1. The maximum absolute atomic E-state index is 12.2. The van der Waals surface area contributed by atoms with Crippen LogP contribution in [0.3, 0.4) is 0 Å². The van der Waals surface area contributed by atoms with Gasteiger partial charge in [0.1, 0.15) is 0 Å². The van der Waals surface area contributed by atoms with Gasteiger partial charge in [-0.15, -0.1) is 0 Å². The van der Waals surface area contributed by atoms with Crippen molar-refractivity contribution in [1.82, 2.24) is 5.32 Å². The summed E-state index contributed by atoms with van der Waals surface area (Å²) in [4.78, 5) is 12.2. The van der Waals surface area contributed by atoms with Gasteiger partial charge in [-0.05, 0) is 37.9 Å². The number of nitrogens with two attached hydrogens (primary N) is 1. The summed E-state index contributed by atoms with van der Waals surface area (Å²) in [6, 6.07) is 7.51. The molecule has 2 atom stereocenters. The van der Waals surface area contributed by atoms with E-state index in [9.17, 15) is 9.00 Å². The molecule has 4 nitrogen and oxygen atoms in total. The van der Waals surface area contributed by atoms with Gasteiger partial charge in [-0.1, -0.05) is 18.2 Å². The average molecular weight is 282 g/mol. The van der Waals surface area contributed by atoms with Gasteiger partial charge in [0.15, 0.2) is 0 Å². The Bertz CT molecular complexity index is 449. The third-order valence-electron chi connectivity index (χ3n) is 2.89. The number of amides is 1. The van der Waals surface area contributed by atoms with Crippen LogP contribution in [-0.2, 0) is 17.2 Å². The Kier molecular flexibility index (Phi) is 6.73. The first-order valence-electron chi connectivity index (χ1n) is 6.43. The third kappa shape index (κ3) is 5.53. The molecule has 0 fully saturated rings. The van der Waals surface area contributed by atoms with Crippen LogP contribution < -0.4 is 11.1 Å². The molecule has 0 saturated heterocycles. The van der Waals surface area contributed by atoms with E-state index >= 15 is 0 Å². The maximum Gasteiger partial charge on any atom is 0.251 e. The molecule has 0 aliphatic heterocycles. The molecule has 2 unspecified atom stereocenters. The Balaban J connectivity index is 2.64. The minimum absolute atomic E-state index is 0.0160. The predicted octanol–water partition coefficient (Wildman–Crippen LogP) is 1.07. The molecule has 0 bridgehead atoms. The summed E-state index contributed by atoms with van der Waals surface area (Å²) in [6.45, 7) is 2.45. The summed E-state index contributed by atoms with van der Waals surface area (Å²) in [5.74, 6) is 0.518. The zero-order valence-electron chi connectivity index (χ0n) is 11.5. The minimum atomic E-state index is -0.821. The smallest absolute Gasteiger partial charge is 0.251 e. The second-order valence-corrected chi connectivity index (χ2v) is 6.19. The number of hydrogen-bond acceptors (Lipinski definition) is 3. The van der Waals surface area contributed by atoms with Crippen molar-refractivity contribution >= 4 is 16.7 Å². The van der Waals surface area contributed by atoms with Crippen molar-refractivity contribution < 1.29 is 9.00 Å². The summed E-state index contributed by atoms with van der Waals surface area (Å²) in [7, 11) is -0.821. The molecular weight excluding hydrogens is 260 g/mol. The monoisotopic (exact) mass is 282 g/mol. The van der Waals surface area contributed by atoms with Gasteiger partial charge >= 0.3 is 0 Å². The lowest BCUT2D eigenvalue weighted by molar-refractivity contribution is 0.0938. The van der Waals surface area contributed by atoms with Crippen LogP contribution in [0.2, 0.25) is 0 Å². The summed E-state index contributed by atoms with van der Waals surface area (Å²) >= 11 is 0. The van der Waals surface area contributed by atoms with Crippen molar-refractivity contribution in [2.24, 2.45) is 5.73 Å². The number of carbonyl (C=O) groups excluding carboxylic acids is 1. The van der Waals surface area contributed by atoms with Gasteiger partial charge < -0.3 is 11.1 Å². The Morgan fingerprint density at radius 1 is 1.42 bits per heavy atom. The highest BCUT2D eigenvalue weighted by atomic mass is 32.2. The molecule has 1 aromatic rings. The van der Waals surface area contributed by atoms with Crippen LogP contribution in [0.5, 0.6) is 0 Å². The van der Waals surface area contributed by atoms with E-state index in [4.69, 9.17) is 5.73 Å². The van der Waals surface area contributed by atoms with E-state index in [0.717, 1.165) is 5.56 Å². The largest absolute Gasteiger partial charge is 0.350 e. The summed E-state index contributed by atoms with van der Waals surface area (Å²) in [5.41, 5.74) is 7.19. The van der Waals surface area contributed by atoms with Crippen molar-refractivity contribution in [3.05, 3.63) is 35.4 Å². The lowest BCUT2D eigenvalue weighted by atomic mass is 10.0. The highest BCUT2D eigenvalue weighted by Crippen LogP contribution is 2.09. The van der Waals surface area contributed by atoms with Crippen LogP contribution in [0, 0.1) is 0 Å². The van der Waals surface area contributed by atoms with Gasteiger partial charge in [-0.2, -0.15) is 0 Å². The highest BCUT2D eigenvalue weighted by Gasteiger charge is 2.13. The molecule has 0 aliphatic rings. The van der Waals surface area contributed by atoms with Crippen LogP contribution in [0.15, 0.2) is 24.3 Å². The average Bonchev–Trinajstić information content (AvgIpc) is 2.37. The van der Waals surface area contributed by atoms with Crippen LogP contribution in [0.1, 0.15) is 29.3 Å². The van der Waals surface area contributed by atoms with Crippen LogP contribution in [-0.4, -0.2) is 34.7 Å². The van der Waals surface area contributed by atoms with E-state index in [0.29, 0.717) is 30.7 Å². The van der Waals surface area contributed by atoms with E-state index in [2.05, 4.69) is 5.32 Å². The first-order valence-corrected chi connectivity index (χ1v) is 8.16. The van der Waals surface area contributed by atoms with E-state index in [1.807, 2.05) is 31.2 Å². The second kappa shape index (κ2) is 8.07. The molecule has 1 amide bonds. The fraction of sp³-hybridized carbons (Fsp3) is 0.500. The Morgan fingerprint density at radius 2 is 2.11 bits per heavy atom. The van der Waals surface area contributed by atoms with Crippen LogP contribution >= 0.6 is 0 Å². The molecule has 1 aromatic carbocycles. The van der Waals surface area contributed by atoms with E-state index in [1.165, 1.54) is 0 Å². The Morgan fingerprint density at radius 3 is 2.74 bits per heavy atom. The Hall–Kier alpha value is -1.20. The molecule has 0 spiro atoms. The van der Waals surface area contributed by atoms with Gasteiger partial charge in [0, 0.05) is 34.4 Å². The molecule has 19 heavy (non-hydrogen) atoms. The fourth-order valence-corrected chi connectivity index (χ4v) is 2.52. The Labute approximate surface area is 117 Å². The summed E-state index contributed by atoms with van der Waals surface area (Å²) in [6.07, 6.45) is 3.08. The fourth-order valence-electron chi connectivity index (χ4n) is 1.83. The molecule has 0 heterocycles. The topological polar surface area (TPSA) is 72.2 Å². The molecule has 0 aliphatic carbocycles. The lowest BCUT2D eigenvalue weighted by Gasteiger charge is -2.15. The number of carbonyl (C=O) groups is 1. The van der Waals surface area contributed by atoms with Crippen LogP contribution in [0.25, 0.3) is 0 Å². The van der Waals surface area contributed by atoms with Crippen molar-refractivity contribution in [3.8, 4) is 0 Å². The van der Waals surface area contributed by atoms with Gasteiger partial charge in [-0.25, -0.2) is 0 Å². The SMILES string of the molecule is CC(CCS(C)=O)NC(=O)c1ccccc1CCN. The molecule has 1 rings (SSSR count). The van der Waals surface area contributed by atoms with Gasteiger partial charge in [0.2, 0.25) is 0 Å². The van der Waals surface area contributed by atoms with Gasteiger partial charge in [0.25, 0.3) is 5.91 Å². The minimum Gasteiger partial charge on any atom is -0.350 e. The van der Waals surface area contributed by atoms with Crippen molar-refractivity contribution in [1.29, 1.82) is 0 Å². The quantitative estimate of drug-likeness (QED) is 0.786. The van der Waals surface area contributed by atoms with Gasteiger partial charge in [0.05, 0.1) is 0 Å². The zero-order valence-corrected chi connectivity index (χ0v) is 12.3. The molecular formula is C14H22N2O2S.